The number of nitrogens with zero attached hydrogens (tertiary/aromatic N) is 2. The van der Waals surface area contributed by atoms with Crippen LogP contribution in [0.5, 0.6) is 0 Å². The van der Waals surface area contributed by atoms with E-state index in [9.17, 15) is 4.79 Å². The topological polar surface area (TPSA) is 57.3 Å². The molecule has 2 N–H and O–H groups in total. The summed E-state index contributed by atoms with van der Waals surface area (Å²) in [5.41, 5.74) is 3.02. The minimum atomic E-state index is -0.134. The van der Waals surface area contributed by atoms with E-state index in [1.807, 2.05) is 0 Å². The molecular weight excluding hydrogens is 312 g/mol. The number of benzene rings is 1. The van der Waals surface area contributed by atoms with Crippen molar-refractivity contribution in [1.29, 1.82) is 0 Å². The van der Waals surface area contributed by atoms with E-state index in [1.54, 1.807) is 25.4 Å². The molecule has 1 aliphatic rings. The van der Waals surface area contributed by atoms with Crippen molar-refractivity contribution in [1.82, 2.24) is 10.3 Å². The summed E-state index contributed by atoms with van der Waals surface area (Å²) < 4.78 is 0. The van der Waals surface area contributed by atoms with Crippen LogP contribution >= 0.6 is 0 Å². The largest absolute Gasteiger partial charge is 0.372 e. The summed E-state index contributed by atoms with van der Waals surface area (Å²) in [6.45, 7) is 5.25. The summed E-state index contributed by atoms with van der Waals surface area (Å²) >= 11 is 0. The third-order valence-corrected chi connectivity index (χ3v) is 4.82. The fourth-order valence-corrected chi connectivity index (χ4v) is 3.14. The molecule has 132 valence electrons. The van der Waals surface area contributed by atoms with Crippen molar-refractivity contribution >= 4 is 17.4 Å². The van der Waals surface area contributed by atoms with E-state index in [0.717, 1.165) is 19.0 Å². The molecule has 5 nitrogen and oxygen atoms in total. The fraction of sp³-hybridized carbons (Fsp3) is 0.400. The van der Waals surface area contributed by atoms with E-state index in [1.165, 1.54) is 24.1 Å². The molecule has 5 heteroatoms. The molecule has 1 saturated heterocycles. The zero-order valence-corrected chi connectivity index (χ0v) is 15.0. The maximum absolute atomic E-state index is 11.9. The van der Waals surface area contributed by atoms with Crippen LogP contribution in [0.3, 0.4) is 0 Å². The minimum Gasteiger partial charge on any atom is -0.372 e. The number of hydrogen-bond donors (Lipinski definition) is 2. The summed E-state index contributed by atoms with van der Waals surface area (Å²) in [5.74, 6) is 1.31. The molecule has 0 bridgehead atoms. The van der Waals surface area contributed by atoms with Gasteiger partial charge < -0.3 is 15.5 Å². The molecule has 0 atom stereocenters. The lowest BCUT2D eigenvalue weighted by Gasteiger charge is -2.32. The van der Waals surface area contributed by atoms with Gasteiger partial charge in [-0.05, 0) is 48.6 Å². The van der Waals surface area contributed by atoms with Crippen LogP contribution in [0.2, 0.25) is 0 Å². The first kappa shape index (κ1) is 17.3. The Hall–Kier alpha value is -2.56. The first-order chi connectivity index (χ1) is 12.2. The predicted octanol–water partition coefficient (Wildman–Crippen LogP) is 3.29. The molecule has 1 fully saturated rings. The molecular formula is C20H26N4O. The highest BCUT2D eigenvalue weighted by molar-refractivity contribution is 5.98. The molecule has 2 heterocycles. The Morgan fingerprint density at radius 3 is 2.60 bits per heavy atom. The SMILES string of the molecule is CNC(=O)c1cccnc1NCc1ccc(N2CCC(C)CC2)cc1. The van der Waals surface area contributed by atoms with Gasteiger partial charge in [-0.3, -0.25) is 4.79 Å². The Kier molecular flexibility index (Phi) is 5.53. The average Bonchev–Trinajstić information content (AvgIpc) is 2.67. The van der Waals surface area contributed by atoms with E-state index in [4.69, 9.17) is 0 Å². The first-order valence-electron chi connectivity index (χ1n) is 8.92. The van der Waals surface area contributed by atoms with E-state index in [2.05, 4.69) is 51.7 Å². The molecule has 2 aromatic rings. The molecule has 3 rings (SSSR count). The average molecular weight is 338 g/mol. The van der Waals surface area contributed by atoms with Crippen LogP contribution in [0.25, 0.3) is 0 Å². The third kappa shape index (κ3) is 4.29. The van der Waals surface area contributed by atoms with Gasteiger partial charge in [-0.15, -0.1) is 0 Å². The van der Waals surface area contributed by atoms with Crippen LogP contribution in [0.15, 0.2) is 42.6 Å². The van der Waals surface area contributed by atoms with E-state index in [-0.39, 0.29) is 5.91 Å². The molecule has 1 aliphatic heterocycles. The minimum absolute atomic E-state index is 0.134. The predicted molar refractivity (Wildman–Crippen MR) is 102 cm³/mol. The zero-order valence-electron chi connectivity index (χ0n) is 15.0. The molecule has 1 amide bonds. The number of pyridine rings is 1. The summed E-state index contributed by atoms with van der Waals surface area (Å²) in [4.78, 5) is 18.6. The lowest BCUT2D eigenvalue weighted by atomic mass is 9.99. The second-order valence-corrected chi connectivity index (χ2v) is 6.67. The number of anilines is 2. The van der Waals surface area contributed by atoms with Gasteiger partial charge >= 0.3 is 0 Å². The van der Waals surface area contributed by atoms with Crippen molar-refractivity contribution in [3.8, 4) is 0 Å². The quantitative estimate of drug-likeness (QED) is 0.878. The van der Waals surface area contributed by atoms with Crippen LogP contribution in [-0.2, 0) is 6.54 Å². The van der Waals surface area contributed by atoms with Crippen molar-refractivity contribution in [2.24, 2.45) is 5.92 Å². The van der Waals surface area contributed by atoms with Gasteiger partial charge in [0.2, 0.25) is 0 Å². The van der Waals surface area contributed by atoms with Crippen molar-refractivity contribution in [2.75, 3.05) is 30.4 Å². The molecule has 0 saturated carbocycles. The fourth-order valence-electron chi connectivity index (χ4n) is 3.14. The van der Waals surface area contributed by atoms with Gasteiger partial charge in [-0.1, -0.05) is 19.1 Å². The lowest BCUT2D eigenvalue weighted by Crippen LogP contribution is -2.32. The number of hydrogen-bond acceptors (Lipinski definition) is 4. The maximum Gasteiger partial charge on any atom is 0.254 e. The van der Waals surface area contributed by atoms with Crippen molar-refractivity contribution in [2.45, 2.75) is 26.3 Å². The summed E-state index contributed by atoms with van der Waals surface area (Å²) in [7, 11) is 1.62. The van der Waals surface area contributed by atoms with Gasteiger partial charge in [0.25, 0.3) is 5.91 Å². The zero-order chi connectivity index (χ0) is 17.6. The first-order valence-corrected chi connectivity index (χ1v) is 8.92. The Morgan fingerprint density at radius 1 is 1.20 bits per heavy atom. The number of carbonyl (C=O) groups is 1. The van der Waals surface area contributed by atoms with Gasteiger partial charge in [0.1, 0.15) is 5.82 Å². The lowest BCUT2D eigenvalue weighted by molar-refractivity contribution is 0.0963. The number of nitrogens with one attached hydrogen (secondary N) is 2. The molecule has 0 radical (unpaired) electrons. The monoisotopic (exact) mass is 338 g/mol. The highest BCUT2D eigenvalue weighted by atomic mass is 16.1. The normalized spacial score (nSPS) is 15.0. The smallest absolute Gasteiger partial charge is 0.254 e. The van der Waals surface area contributed by atoms with Crippen molar-refractivity contribution in [3.63, 3.8) is 0 Å². The summed E-state index contributed by atoms with van der Waals surface area (Å²) in [6.07, 6.45) is 4.23. The van der Waals surface area contributed by atoms with E-state index >= 15 is 0 Å². The van der Waals surface area contributed by atoms with Gasteiger partial charge in [0.15, 0.2) is 0 Å². The van der Waals surface area contributed by atoms with Crippen LogP contribution < -0.4 is 15.5 Å². The number of aromatic nitrogens is 1. The molecule has 1 aromatic carbocycles. The summed E-state index contributed by atoms with van der Waals surface area (Å²) in [6, 6.07) is 12.2. The Labute approximate surface area is 149 Å². The number of rotatable bonds is 5. The molecule has 1 aromatic heterocycles. The number of carbonyl (C=O) groups excluding carboxylic acids is 1. The Morgan fingerprint density at radius 2 is 1.92 bits per heavy atom. The van der Waals surface area contributed by atoms with Gasteiger partial charge in [-0.2, -0.15) is 0 Å². The Balaban J connectivity index is 1.62. The van der Waals surface area contributed by atoms with E-state index < -0.39 is 0 Å². The third-order valence-electron chi connectivity index (χ3n) is 4.82. The maximum atomic E-state index is 11.9. The van der Waals surface area contributed by atoms with Crippen LogP contribution in [0, 0.1) is 5.92 Å². The second kappa shape index (κ2) is 8.01. The van der Waals surface area contributed by atoms with E-state index in [0.29, 0.717) is 17.9 Å². The number of amides is 1. The highest BCUT2D eigenvalue weighted by Crippen LogP contribution is 2.23. The molecule has 25 heavy (non-hydrogen) atoms. The van der Waals surface area contributed by atoms with Crippen LogP contribution in [0.1, 0.15) is 35.7 Å². The molecule has 0 aliphatic carbocycles. The second-order valence-electron chi connectivity index (χ2n) is 6.67. The highest BCUT2D eigenvalue weighted by Gasteiger charge is 2.16. The van der Waals surface area contributed by atoms with Gasteiger partial charge in [0, 0.05) is 38.6 Å². The molecule has 0 unspecified atom stereocenters. The summed E-state index contributed by atoms with van der Waals surface area (Å²) in [5, 5.41) is 5.91. The van der Waals surface area contributed by atoms with Crippen molar-refractivity contribution < 1.29 is 4.79 Å². The van der Waals surface area contributed by atoms with Crippen molar-refractivity contribution in [3.05, 3.63) is 53.7 Å². The van der Waals surface area contributed by atoms with Gasteiger partial charge in [-0.25, -0.2) is 4.98 Å². The van der Waals surface area contributed by atoms with Crippen LogP contribution in [-0.4, -0.2) is 31.0 Å². The van der Waals surface area contributed by atoms with Gasteiger partial charge in [0.05, 0.1) is 5.56 Å². The standard InChI is InChI=1S/C20H26N4O/c1-15-9-12-24(13-10-15)17-7-5-16(6-8-17)14-23-19-18(20(25)21-2)4-3-11-22-19/h3-8,11,15H,9-10,12-14H2,1-2H3,(H,21,25)(H,22,23). The Bertz CT molecular complexity index is 706. The number of piperidine rings is 1. The molecule has 0 spiro atoms. The van der Waals surface area contributed by atoms with Crippen LogP contribution in [0.4, 0.5) is 11.5 Å².